The van der Waals surface area contributed by atoms with Gasteiger partial charge in [0, 0.05) is 65.4 Å². The Morgan fingerprint density at radius 2 is 1.17 bits per heavy atom. The first-order valence-corrected chi connectivity index (χ1v) is 9.83. The van der Waals surface area contributed by atoms with Crippen LogP contribution in [-0.4, -0.2) is 111 Å². The van der Waals surface area contributed by atoms with E-state index >= 15 is 0 Å². The Balaban J connectivity index is 2.13. The van der Waals surface area contributed by atoms with Crippen LogP contribution in [0.15, 0.2) is 0 Å². The van der Waals surface area contributed by atoms with Gasteiger partial charge in [-0.1, -0.05) is 27.7 Å². The van der Waals surface area contributed by atoms with E-state index in [2.05, 4.69) is 52.6 Å². The predicted molar refractivity (Wildman–Crippen MR) is 101 cm³/mol. The molecule has 0 aromatic rings. The zero-order valence-electron chi connectivity index (χ0n) is 16.2. The lowest BCUT2D eigenvalue weighted by molar-refractivity contribution is 0.110. The highest BCUT2D eigenvalue weighted by Gasteiger charge is 2.17. The topological polar surface area (TPSA) is 25.0 Å². The van der Waals surface area contributed by atoms with Crippen molar-refractivity contribution in [2.75, 3.05) is 91.6 Å². The predicted octanol–water partition coefficient (Wildman–Crippen LogP) is 0.877. The van der Waals surface area contributed by atoms with Crippen molar-refractivity contribution in [3.63, 3.8) is 0 Å². The van der Waals surface area contributed by atoms with Crippen molar-refractivity contribution in [2.24, 2.45) is 0 Å². The first kappa shape index (κ1) is 20.8. The van der Waals surface area contributed by atoms with E-state index in [4.69, 9.17) is 0 Å². The molecule has 0 unspecified atom stereocenters. The Morgan fingerprint density at radius 1 is 0.696 bits per heavy atom. The molecule has 5 nitrogen and oxygen atoms in total. The summed E-state index contributed by atoms with van der Waals surface area (Å²) in [5.74, 6) is 0. The molecule has 1 fully saturated rings. The van der Waals surface area contributed by atoms with Crippen LogP contribution in [-0.2, 0) is 0 Å². The SMILES string of the molecule is CCNCCN(CC)CCN1CCN(CCN(CC)CC)CC1. The van der Waals surface area contributed by atoms with Gasteiger partial charge in [0.15, 0.2) is 0 Å². The van der Waals surface area contributed by atoms with Gasteiger partial charge in [-0.05, 0) is 26.2 Å². The number of likely N-dealkylation sites (N-methyl/N-ethyl adjacent to an activating group) is 3. The van der Waals surface area contributed by atoms with E-state index in [1.807, 2.05) is 0 Å². The number of hydrogen-bond donors (Lipinski definition) is 1. The Morgan fingerprint density at radius 3 is 1.61 bits per heavy atom. The summed E-state index contributed by atoms with van der Waals surface area (Å²) < 4.78 is 0. The Hall–Kier alpha value is -0.200. The molecule has 0 radical (unpaired) electrons. The Kier molecular flexibility index (Phi) is 11.9. The van der Waals surface area contributed by atoms with Gasteiger partial charge in [-0.25, -0.2) is 0 Å². The van der Waals surface area contributed by atoms with Crippen molar-refractivity contribution in [1.29, 1.82) is 0 Å². The van der Waals surface area contributed by atoms with E-state index < -0.39 is 0 Å². The van der Waals surface area contributed by atoms with Gasteiger partial charge in [-0.15, -0.1) is 0 Å². The fourth-order valence-corrected chi connectivity index (χ4v) is 3.18. The standard InChI is InChI=1S/C18H41N5/c1-5-19-9-10-21(8-4)12-14-23-17-15-22(16-18-23)13-11-20(6-2)7-3/h19H,5-18H2,1-4H3. The maximum Gasteiger partial charge on any atom is 0.0110 e. The van der Waals surface area contributed by atoms with Gasteiger partial charge in [-0.2, -0.15) is 0 Å². The highest BCUT2D eigenvalue weighted by molar-refractivity contribution is 4.74. The molecule has 1 aliphatic heterocycles. The lowest BCUT2D eigenvalue weighted by Gasteiger charge is -2.36. The van der Waals surface area contributed by atoms with Crippen LogP contribution in [0.3, 0.4) is 0 Å². The zero-order valence-corrected chi connectivity index (χ0v) is 16.2. The van der Waals surface area contributed by atoms with Gasteiger partial charge < -0.3 is 15.1 Å². The molecule has 0 amide bonds. The third-order valence-electron chi connectivity index (χ3n) is 5.13. The maximum absolute atomic E-state index is 3.42. The molecule has 0 aliphatic carbocycles. The van der Waals surface area contributed by atoms with Crippen LogP contribution in [0.2, 0.25) is 0 Å². The molecular weight excluding hydrogens is 286 g/mol. The summed E-state index contributed by atoms with van der Waals surface area (Å²) in [6, 6.07) is 0. The van der Waals surface area contributed by atoms with Gasteiger partial charge in [0.25, 0.3) is 0 Å². The number of hydrogen-bond acceptors (Lipinski definition) is 5. The van der Waals surface area contributed by atoms with Gasteiger partial charge in [0.1, 0.15) is 0 Å². The minimum Gasteiger partial charge on any atom is -0.316 e. The number of rotatable bonds is 13. The molecule has 1 saturated heterocycles. The summed E-state index contributed by atoms with van der Waals surface area (Å²) in [6.45, 7) is 25.7. The van der Waals surface area contributed by atoms with E-state index in [0.29, 0.717) is 0 Å². The second-order valence-electron chi connectivity index (χ2n) is 6.50. The first-order chi connectivity index (χ1) is 11.2. The smallest absolute Gasteiger partial charge is 0.0110 e. The monoisotopic (exact) mass is 327 g/mol. The summed E-state index contributed by atoms with van der Waals surface area (Å²) >= 11 is 0. The molecular formula is C18H41N5. The lowest BCUT2D eigenvalue weighted by atomic mass is 10.3. The molecule has 1 rings (SSSR count). The summed E-state index contributed by atoms with van der Waals surface area (Å²) in [4.78, 5) is 10.4. The number of piperazine rings is 1. The van der Waals surface area contributed by atoms with Gasteiger partial charge in [0.2, 0.25) is 0 Å². The quantitative estimate of drug-likeness (QED) is 0.506. The Bertz CT molecular complexity index is 262. The average Bonchev–Trinajstić information content (AvgIpc) is 2.60. The highest BCUT2D eigenvalue weighted by Crippen LogP contribution is 2.02. The van der Waals surface area contributed by atoms with Gasteiger partial charge in [0.05, 0.1) is 0 Å². The van der Waals surface area contributed by atoms with E-state index in [0.717, 1.165) is 19.6 Å². The molecule has 23 heavy (non-hydrogen) atoms. The van der Waals surface area contributed by atoms with Crippen LogP contribution in [0.4, 0.5) is 0 Å². The molecule has 0 bridgehead atoms. The van der Waals surface area contributed by atoms with Crippen LogP contribution >= 0.6 is 0 Å². The summed E-state index contributed by atoms with van der Waals surface area (Å²) in [6.07, 6.45) is 0. The maximum atomic E-state index is 3.42. The number of nitrogens with one attached hydrogen (secondary N) is 1. The molecule has 1 aliphatic rings. The second kappa shape index (κ2) is 13.1. The van der Waals surface area contributed by atoms with E-state index in [1.54, 1.807) is 0 Å². The van der Waals surface area contributed by atoms with Crippen molar-refractivity contribution in [3.05, 3.63) is 0 Å². The fraction of sp³-hybridized carbons (Fsp3) is 1.00. The van der Waals surface area contributed by atoms with Crippen molar-refractivity contribution in [2.45, 2.75) is 27.7 Å². The van der Waals surface area contributed by atoms with Crippen molar-refractivity contribution < 1.29 is 0 Å². The largest absolute Gasteiger partial charge is 0.316 e. The van der Waals surface area contributed by atoms with Crippen LogP contribution in [0.25, 0.3) is 0 Å². The van der Waals surface area contributed by atoms with Crippen LogP contribution in [0.5, 0.6) is 0 Å². The minimum absolute atomic E-state index is 1.08. The average molecular weight is 328 g/mol. The van der Waals surface area contributed by atoms with Crippen LogP contribution < -0.4 is 5.32 Å². The highest BCUT2D eigenvalue weighted by atomic mass is 15.3. The van der Waals surface area contributed by atoms with Crippen LogP contribution in [0.1, 0.15) is 27.7 Å². The number of nitrogens with zero attached hydrogens (tertiary/aromatic N) is 4. The fourth-order valence-electron chi connectivity index (χ4n) is 3.18. The molecule has 0 atom stereocenters. The molecule has 138 valence electrons. The third kappa shape index (κ3) is 9.01. The van der Waals surface area contributed by atoms with Crippen molar-refractivity contribution in [1.82, 2.24) is 24.9 Å². The lowest BCUT2D eigenvalue weighted by Crippen LogP contribution is -2.50. The third-order valence-corrected chi connectivity index (χ3v) is 5.13. The van der Waals surface area contributed by atoms with Crippen molar-refractivity contribution >= 4 is 0 Å². The molecule has 0 aromatic carbocycles. The molecule has 0 aromatic heterocycles. The van der Waals surface area contributed by atoms with Gasteiger partial charge >= 0.3 is 0 Å². The molecule has 1 N–H and O–H groups in total. The van der Waals surface area contributed by atoms with E-state index in [1.165, 1.54) is 72.0 Å². The van der Waals surface area contributed by atoms with Gasteiger partial charge in [-0.3, -0.25) is 9.80 Å². The first-order valence-electron chi connectivity index (χ1n) is 9.83. The molecule has 1 heterocycles. The normalized spacial score (nSPS) is 17.5. The Labute approximate surface area is 145 Å². The van der Waals surface area contributed by atoms with E-state index in [-0.39, 0.29) is 0 Å². The van der Waals surface area contributed by atoms with Crippen LogP contribution in [0, 0.1) is 0 Å². The van der Waals surface area contributed by atoms with Crippen molar-refractivity contribution in [3.8, 4) is 0 Å². The molecule has 5 heteroatoms. The zero-order chi connectivity index (χ0) is 16.9. The summed E-state index contributed by atoms with van der Waals surface area (Å²) in [5.41, 5.74) is 0. The minimum atomic E-state index is 1.08. The second-order valence-corrected chi connectivity index (χ2v) is 6.50. The van der Waals surface area contributed by atoms with E-state index in [9.17, 15) is 0 Å². The summed E-state index contributed by atoms with van der Waals surface area (Å²) in [5, 5.41) is 3.42. The molecule has 0 spiro atoms. The molecule has 0 saturated carbocycles. The summed E-state index contributed by atoms with van der Waals surface area (Å²) in [7, 11) is 0.